The fourth-order valence-corrected chi connectivity index (χ4v) is 3.29. The Labute approximate surface area is 134 Å². The summed E-state index contributed by atoms with van der Waals surface area (Å²) in [6.07, 6.45) is 4.20. The molecule has 2 heterocycles. The van der Waals surface area contributed by atoms with Crippen molar-refractivity contribution in [3.05, 3.63) is 34.4 Å². The molecule has 2 aliphatic rings. The van der Waals surface area contributed by atoms with Gasteiger partial charge in [-0.2, -0.15) is 0 Å². The number of nitro benzene ring substituents is 1. The van der Waals surface area contributed by atoms with E-state index in [4.69, 9.17) is 9.47 Å². The minimum atomic E-state index is -0.467. The number of rotatable bonds is 5. The maximum Gasteiger partial charge on any atom is 0.269 e. The van der Waals surface area contributed by atoms with Crippen LogP contribution in [0.3, 0.4) is 0 Å². The number of ether oxygens (including phenoxy) is 2. The van der Waals surface area contributed by atoms with Crippen molar-refractivity contribution < 1.29 is 19.2 Å². The van der Waals surface area contributed by atoms with Crippen LogP contribution < -0.4 is 4.74 Å². The highest BCUT2D eigenvalue weighted by atomic mass is 16.6. The number of hydrogen-bond acceptors (Lipinski definition) is 5. The summed E-state index contributed by atoms with van der Waals surface area (Å²) in [5, 5.41) is 10.6. The molecule has 3 rings (SSSR count). The van der Waals surface area contributed by atoms with Crippen LogP contribution >= 0.6 is 0 Å². The van der Waals surface area contributed by atoms with Crippen molar-refractivity contribution in [3.63, 3.8) is 0 Å². The fourth-order valence-electron chi connectivity index (χ4n) is 3.29. The van der Waals surface area contributed by atoms with E-state index in [2.05, 4.69) is 0 Å². The largest absolute Gasteiger partial charge is 0.484 e. The summed E-state index contributed by atoms with van der Waals surface area (Å²) in [7, 11) is 0. The van der Waals surface area contributed by atoms with E-state index in [1.165, 1.54) is 24.3 Å². The van der Waals surface area contributed by atoms with E-state index >= 15 is 0 Å². The molecular weight excluding hydrogens is 300 g/mol. The monoisotopic (exact) mass is 320 g/mol. The number of non-ortho nitro benzene ring substituents is 1. The minimum Gasteiger partial charge on any atom is -0.484 e. The molecule has 124 valence electrons. The fraction of sp³-hybridized carbons (Fsp3) is 0.562. The first-order valence-corrected chi connectivity index (χ1v) is 7.93. The second-order valence-electron chi connectivity index (χ2n) is 5.89. The summed E-state index contributed by atoms with van der Waals surface area (Å²) in [4.78, 5) is 24.4. The highest BCUT2D eigenvalue weighted by Gasteiger charge is 2.36. The molecule has 1 aromatic rings. The second kappa shape index (κ2) is 6.95. The third kappa shape index (κ3) is 3.61. The number of amides is 1. The molecule has 0 aromatic heterocycles. The molecular formula is C16H20N2O5. The number of benzene rings is 1. The van der Waals surface area contributed by atoms with Gasteiger partial charge in [0, 0.05) is 25.3 Å². The van der Waals surface area contributed by atoms with E-state index in [0.29, 0.717) is 5.75 Å². The topological polar surface area (TPSA) is 81.9 Å². The lowest BCUT2D eigenvalue weighted by atomic mass is 10.1. The predicted octanol–water partition coefficient (Wildman–Crippen LogP) is 2.14. The van der Waals surface area contributed by atoms with Gasteiger partial charge in [0.15, 0.2) is 6.61 Å². The van der Waals surface area contributed by atoms with Crippen molar-refractivity contribution in [2.24, 2.45) is 0 Å². The van der Waals surface area contributed by atoms with E-state index in [1.54, 1.807) is 0 Å². The molecule has 0 saturated carbocycles. The summed E-state index contributed by atoms with van der Waals surface area (Å²) in [6.45, 7) is 1.47. The van der Waals surface area contributed by atoms with E-state index < -0.39 is 4.92 Å². The Morgan fingerprint density at radius 1 is 1.30 bits per heavy atom. The molecule has 2 fully saturated rings. The van der Waals surface area contributed by atoms with Gasteiger partial charge < -0.3 is 14.4 Å². The Morgan fingerprint density at radius 2 is 2.09 bits per heavy atom. The highest BCUT2D eigenvalue weighted by Crippen LogP contribution is 2.28. The number of carbonyl (C=O) groups is 1. The maximum atomic E-state index is 12.4. The first kappa shape index (κ1) is 15.7. The van der Waals surface area contributed by atoms with Crippen molar-refractivity contribution in [1.82, 2.24) is 4.90 Å². The normalized spacial score (nSPS) is 23.9. The molecule has 2 saturated heterocycles. The summed E-state index contributed by atoms with van der Waals surface area (Å²) in [6, 6.07) is 5.90. The number of nitro groups is 1. The van der Waals surface area contributed by atoms with Crippen LogP contribution in [0.25, 0.3) is 0 Å². The first-order valence-electron chi connectivity index (χ1n) is 7.93. The van der Waals surface area contributed by atoms with Gasteiger partial charge in [-0.25, -0.2) is 0 Å². The lowest BCUT2D eigenvalue weighted by Gasteiger charge is -2.28. The van der Waals surface area contributed by atoms with E-state index in [1.807, 2.05) is 4.90 Å². The van der Waals surface area contributed by atoms with Crippen molar-refractivity contribution in [2.75, 3.05) is 19.8 Å². The van der Waals surface area contributed by atoms with Gasteiger partial charge in [-0.15, -0.1) is 0 Å². The number of carbonyl (C=O) groups excluding carboxylic acids is 1. The van der Waals surface area contributed by atoms with Crippen LogP contribution in [-0.4, -0.2) is 47.6 Å². The Kier molecular flexibility index (Phi) is 4.76. The second-order valence-corrected chi connectivity index (χ2v) is 5.89. The Hall–Kier alpha value is -2.15. The zero-order valence-electron chi connectivity index (χ0n) is 12.8. The van der Waals surface area contributed by atoms with Crippen molar-refractivity contribution in [3.8, 4) is 5.75 Å². The molecule has 7 nitrogen and oxygen atoms in total. The van der Waals surface area contributed by atoms with Gasteiger partial charge in [0.05, 0.1) is 17.1 Å². The molecule has 0 radical (unpaired) electrons. The van der Waals surface area contributed by atoms with E-state index in [0.717, 1.165) is 38.8 Å². The number of likely N-dealkylation sites (tertiary alicyclic amines) is 1. The molecule has 0 aliphatic carbocycles. The zero-order chi connectivity index (χ0) is 16.2. The van der Waals surface area contributed by atoms with Crippen LogP contribution in [-0.2, 0) is 9.53 Å². The van der Waals surface area contributed by atoms with Gasteiger partial charge in [0.1, 0.15) is 5.75 Å². The molecule has 0 bridgehead atoms. The van der Waals surface area contributed by atoms with Crippen LogP contribution in [0.2, 0.25) is 0 Å². The average molecular weight is 320 g/mol. The third-order valence-electron chi connectivity index (χ3n) is 4.42. The molecule has 1 aromatic carbocycles. The van der Waals surface area contributed by atoms with E-state index in [-0.39, 0.29) is 30.3 Å². The number of hydrogen-bond donors (Lipinski definition) is 0. The van der Waals surface area contributed by atoms with Crippen molar-refractivity contribution >= 4 is 11.6 Å². The molecule has 7 heteroatoms. The Morgan fingerprint density at radius 3 is 2.74 bits per heavy atom. The summed E-state index contributed by atoms with van der Waals surface area (Å²) in [5.41, 5.74) is 0.00154. The van der Waals surface area contributed by atoms with Crippen LogP contribution in [0.5, 0.6) is 5.75 Å². The molecule has 0 unspecified atom stereocenters. The highest BCUT2D eigenvalue weighted by molar-refractivity contribution is 5.78. The minimum absolute atomic E-state index is 0.00154. The first-order chi connectivity index (χ1) is 11.1. The van der Waals surface area contributed by atoms with Crippen molar-refractivity contribution in [1.29, 1.82) is 0 Å². The quantitative estimate of drug-likeness (QED) is 0.613. The third-order valence-corrected chi connectivity index (χ3v) is 4.42. The molecule has 0 N–H and O–H groups in total. The van der Waals surface area contributed by atoms with Crippen LogP contribution in [0, 0.1) is 10.1 Å². The lowest BCUT2D eigenvalue weighted by Crippen LogP contribution is -2.44. The molecule has 1 amide bonds. The van der Waals surface area contributed by atoms with Crippen LogP contribution in [0.15, 0.2) is 24.3 Å². The zero-order valence-corrected chi connectivity index (χ0v) is 12.8. The summed E-state index contributed by atoms with van der Waals surface area (Å²) < 4.78 is 11.2. The summed E-state index contributed by atoms with van der Waals surface area (Å²) >= 11 is 0. The average Bonchev–Trinajstić information content (AvgIpc) is 3.23. The predicted molar refractivity (Wildman–Crippen MR) is 82.3 cm³/mol. The van der Waals surface area contributed by atoms with Crippen LogP contribution in [0.4, 0.5) is 5.69 Å². The lowest BCUT2D eigenvalue weighted by molar-refractivity contribution is -0.384. The maximum absolute atomic E-state index is 12.4. The Bertz CT molecular complexity index is 568. The van der Waals surface area contributed by atoms with Gasteiger partial charge in [-0.1, -0.05) is 0 Å². The van der Waals surface area contributed by atoms with Gasteiger partial charge in [-0.05, 0) is 37.8 Å². The molecule has 0 spiro atoms. The number of nitrogens with zero attached hydrogens (tertiary/aromatic N) is 2. The smallest absolute Gasteiger partial charge is 0.269 e. The van der Waals surface area contributed by atoms with Crippen LogP contribution in [0.1, 0.15) is 25.7 Å². The van der Waals surface area contributed by atoms with Crippen molar-refractivity contribution in [2.45, 2.75) is 37.8 Å². The molecule has 2 aliphatic heterocycles. The van der Waals surface area contributed by atoms with Gasteiger partial charge >= 0.3 is 0 Å². The van der Waals surface area contributed by atoms with Gasteiger partial charge in [0.25, 0.3) is 11.6 Å². The molecule has 23 heavy (non-hydrogen) atoms. The van der Waals surface area contributed by atoms with Gasteiger partial charge in [0.2, 0.25) is 0 Å². The van der Waals surface area contributed by atoms with E-state index in [9.17, 15) is 14.9 Å². The Balaban J connectivity index is 1.55. The molecule has 2 atom stereocenters. The summed E-state index contributed by atoms with van der Waals surface area (Å²) in [5.74, 6) is 0.401. The van der Waals surface area contributed by atoms with Gasteiger partial charge in [-0.3, -0.25) is 14.9 Å². The SMILES string of the molecule is O=C(COc1ccc([N+](=O)[O-])cc1)N1CCC[C@H]1[C@@H]1CCCO1. The standard InChI is InChI=1S/C16H20N2O5/c19-16(11-23-13-7-5-12(6-8-13)18(20)21)17-9-1-3-14(17)15-4-2-10-22-15/h5-8,14-15H,1-4,9-11H2/t14-,15-/m0/s1.